The number of para-hydroxylation sites is 1. The highest BCUT2D eigenvalue weighted by Crippen LogP contribution is 2.41. The van der Waals surface area contributed by atoms with Gasteiger partial charge in [0.1, 0.15) is 5.82 Å². The van der Waals surface area contributed by atoms with Gasteiger partial charge < -0.3 is 24.3 Å². The minimum Gasteiger partial charge on any atom is -0.493 e. The van der Waals surface area contributed by atoms with Crippen LogP contribution in [0, 0.1) is 0 Å². The number of esters is 1. The summed E-state index contributed by atoms with van der Waals surface area (Å²) in [6.07, 6.45) is 0. The Balaban J connectivity index is 1.98. The fraction of sp³-hybridized carbons (Fsp3) is 0.286. The van der Waals surface area contributed by atoms with Gasteiger partial charge in [-0.1, -0.05) is 23.9 Å². The summed E-state index contributed by atoms with van der Waals surface area (Å²) in [4.78, 5) is 20.8. The Labute approximate surface area is 178 Å². The molecule has 30 heavy (non-hydrogen) atoms. The maximum absolute atomic E-state index is 11.7. The molecule has 3 aromatic rings. The monoisotopic (exact) mass is 429 g/mol. The van der Waals surface area contributed by atoms with Gasteiger partial charge in [-0.3, -0.25) is 4.79 Å². The SMILES string of the molecule is CCOC(=O)CSc1nc(Nc2cc(OC)c(OC)c(OC)c2)c2ccccc2n1. The van der Waals surface area contributed by atoms with Crippen LogP contribution in [0.15, 0.2) is 41.6 Å². The van der Waals surface area contributed by atoms with E-state index in [-0.39, 0.29) is 11.7 Å². The Morgan fingerprint density at radius 3 is 2.37 bits per heavy atom. The molecular formula is C21H23N3O5S. The molecule has 8 nitrogen and oxygen atoms in total. The summed E-state index contributed by atoms with van der Waals surface area (Å²) in [7, 11) is 4.68. The van der Waals surface area contributed by atoms with Crippen LogP contribution in [0.5, 0.6) is 17.2 Å². The summed E-state index contributed by atoms with van der Waals surface area (Å²) in [5.74, 6) is 1.98. The number of benzene rings is 2. The number of hydrogen-bond donors (Lipinski definition) is 1. The first-order chi connectivity index (χ1) is 14.6. The van der Waals surface area contributed by atoms with E-state index in [1.54, 1.807) is 40.4 Å². The van der Waals surface area contributed by atoms with Gasteiger partial charge in [0.25, 0.3) is 0 Å². The van der Waals surface area contributed by atoms with E-state index in [0.717, 1.165) is 10.9 Å². The molecule has 1 N–H and O–H groups in total. The minimum atomic E-state index is -0.307. The third-order valence-electron chi connectivity index (χ3n) is 4.13. The van der Waals surface area contributed by atoms with Gasteiger partial charge in [0.2, 0.25) is 5.75 Å². The van der Waals surface area contributed by atoms with Gasteiger partial charge in [-0.15, -0.1) is 0 Å². The maximum Gasteiger partial charge on any atom is 0.316 e. The van der Waals surface area contributed by atoms with Crippen LogP contribution < -0.4 is 19.5 Å². The molecule has 2 aromatic carbocycles. The number of rotatable bonds is 9. The lowest BCUT2D eigenvalue weighted by molar-refractivity contribution is -0.139. The standard InChI is InChI=1S/C21H23N3O5S/c1-5-29-18(25)12-30-21-23-15-9-7-6-8-14(15)20(24-21)22-13-10-16(26-2)19(28-4)17(11-13)27-3/h6-11H,5,12H2,1-4H3,(H,22,23,24). The highest BCUT2D eigenvalue weighted by molar-refractivity contribution is 7.99. The average Bonchev–Trinajstić information content (AvgIpc) is 2.77. The lowest BCUT2D eigenvalue weighted by Crippen LogP contribution is -2.07. The molecule has 0 spiro atoms. The number of methoxy groups -OCH3 is 3. The zero-order valence-electron chi connectivity index (χ0n) is 17.2. The predicted octanol–water partition coefficient (Wildman–Crippen LogP) is 4.05. The van der Waals surface area contributed by atoms with Gasteiger partial charge >= 0.3 is 5.97 Å². The minimum absolute atomic E-state index is 0.135. The van der Waals surface area contributed by atoms with E-state index < -0.39 is 0 Å². The van der Waals surface area contributed by atoms with Gasteiger partial charge in [-0.05, 0) is 19.1 Å². The Morgan fingerprint density at radius 1 is 1.03 bits per heavy atom. The van der Waals surface area contributed by atoms with Gasteiger partial charge in [-0.2, -0.15) is 0 Å². The molecule has 1 heterocycles. The lowest BCUT2D eigenvalue weighted by Gasteiger charge is -2.16. The Morgan fingerprint density at radius 2 is 1.73 bits per heavy atom. The molecule has 0 aliphatic heterocycles. The number of fused-ring (bicyclic) bond motifs is 1. The van der Waals surface area contributed by atoms with Crippen molar-refractivity contribution in [2.24, 2.45) is 0 Å². The third-order valence-corrected chi connectivity index (χ3v) is 4.96. The zero-order chi connectivity index (χ0) is 21.5. The summed E-state index contributed by atoms with van der Waals surface area (Å²) in [6.45, 7) is 2.11. The van der Waals surface area contributed by atoms with Gasteiger partial charge in [0.15, 0.2) is 16.7 Å². The predicted molar refractivity (Wildman–Crippen MR) is 116 cm³/mol. The lowest BCUT2D eigenvalue weighted by atomic mass is 10.2. The number of carbonyl (C=O) groups excluding carboxylic acids is 1. The van der Waals surface area contributed by atoms with Crippen molar-refractivity contribution in [3.8, 4) is 17.2 Å². The van der Waals surface area contributed by atoms with Crippen molar-refractivity contribution < 1.29 is 23.7 Å². The first-order valence-corrected chi connectivity index (χ1v) is 10.2. The fourth-order valence-corrected chi connectivity index (χ4v) is 3.48. The highest BCUT2D eigenvalue weighted by Gasteiger charge is 2.15. The number of hydrogen-bond acceptors (Lipinski definition) is 9. The van der Waals surface area contributed by atoms with E-state index in [0.29, 0.717) is 40.5 Å². The maximum atomic E-state index is 11.7. The van der Waals surface area contributed by atoms with Gasteiger partial charge in [0, 0.05) is 23.2 Å². The van der Waals surface area contributed by atoms with Crippen molar-refractivity contribution in [3.63, 3.8) is 0 Å². The fourth-order valence-electron chi connectivity index (χ4n) is 2.83. The van der Waals surface area contributed by atoms with Crippen LogP contribution >= 0.6 is 11.8 Å². The first kappa shape index (κ1) is 21.5. The molecule has 0 aliphatic carbocycles. The van der Waals surface area contributed by atoms with E-state index >= 15 is 0 Å². The Hall–Kier alpha value is -3.20. The van der Waals surface area contributed by atoms with Gasteiger partial charge in [-0.25, -0.2) is 9.97 Å². The second-order valence-electron chi connectivity index (χ2n) is 6.00. The molecular weight excluding hydrogens is 406 g/mol. The number of nitrogens with one attached hydrogen (secondary N) is 1. The van der Waals surface area contributed by atoms with Crippen LogP contribution in [0.2, 0.25) is 0 Å². The van der Waals surface area contributed by atoms with Crippen molar-refractivity contribution in [2.75, 3.05) is 39.0 Å². The number of anilines is 2. The number of nitrogens with zero attached hydrogens (tertiary/aromatic N) is 2. The van der Waals surface area contributed by atoms with Crippen LogP contribution in [0.1, 0.15) is 6.92 Å². The number of ether oxygens (including phenoxy) is 4. The van der Waals surface area contributed by atoms with Crippen LogP contribution in [0.3, 0.4) is 0 Å². The average molecular weight is 429 g/mol. The van der Waals surface area contributed by atoms with Crippen LogP contribution in [-0.2, 0) is 9.53 Å². The second kappa shape index (κ2) is 10.0. The normalized spacial score (nSPS) is 10.5. The second-order valence-corrected chi connectivity index (χ2v) is 6.95. The molecule has 0 unspecified atom stereocenters. The van der Waals surface area contributed by atoms with Crippen molar-refractivity contribution >= 4 is 40.1 Å². The summed E-state index contributed by atoms with van der Waals surface area (Å²) >= 11 is 1.22. The highest BCUT2D eigenvalue weighted by atomic mass is 32.2. The topological polar surface area (TPSA) is 91.8 Å². The van der Waals surface area contributed by atoms with Crippen molar-refractivity contribution in [1.82, 2.24) is 9.97 Å². The molecule has 9 heteroatoms. The molecule has 3 rings (SSSR count). The molecule has 0 bridgehead atoms. The van der Waals surface area contributed by atoms with E-state index in [4.69, 9.17) is 18.9 Å². The van der Waals surface area contributed by atoms with Crippen LogP contribution in [-0.4, -0.2) is 49.6 Å². The largest absolute Gasteiger partial charge is 0.493 e. The molecule has 0 fully saturated rings. The summed E-state index contributed by atoms with van der Waals surface area (Å²) < 4.78 is 21.2. The van der Waals surface area contributed by atoms with E-state index in [2.05, 4.69) is 15.3 Å². The quantitative estimate of drug-likeness (QED) is 0.307. The molecule has 0 saturated heterocycles. The number of thioether (sulfide) groups is 1. The van der Waals surface area contributed by atoms with E-state index in [1.807, 2.05) is 24.3 Å². The smallest absolute Gasteiger partial charge is 0.316 e. The molecule has 0 amide bonds. The summed E-state index contributed by atoms with van der Waals surface area (Å²) in [6, 6.07) is 11.2. The van der Waals surface area contributed by atoms with Crippen LogP contribution in [0.25, 0.3) is 10.9 Å². The summed E-state index contributed by atoms with van der Waals surface area (Å²) in [5.41, 5.74) is 1.46. The van der Waals surface area contributed by atoms with Crippen molar-refractivity contribution in [3.05, 3.63) is 36.4 Å². The molecule has 158 valence electrons. The molecule has 0 aliphatic rings. The third kappa shape index (κ3) is 4.85. The van der Waals surface area contributed by atoms with Crippen LogP contribution in [0.4, 0.5) is 11.5 Å². The summed E-state index contributed by atoms with van der Waals surface area (Å²) in [5, 5.41) is 4.61. The van der Waals surface area contributed by atoms with Gasteiger partial charge in [0.05, 0.1) is 39.2 Å². The first-order valence-electron chi connectivity index (χ1n) is 9.21. The molecule has 0 atom stereocenters. The number of carbonyl (C=O) groups is 1. The van der Waals surface area contributed by atoms with Crippen molar-refractivity contribution in [1.29, 1.82) is 0 Å². The Kier molecular flexibility index (Phi) is 7.18. The number of aromatic nitrogens is 2. The van der Waals surface area contributed by atoms with E-state index in [1.165, 1.54) is 11.8 Å². The van der Waals surface area contributed by atoms with E-state index in [9.17, 15) is 4.79 Å². The Bertz CT molecular complexity index is 1020. The van der Waals surface area contributed by atoms with Crippen molar-refractivity contribution in [2.45, 2.75) is 12.1 Å². The zero-order valence-corrected chi connectivity index (χ0v) is 18.0. The molecule has 0 radical (unpaired) electrons. The molecule has 1 aromatic heterocycles. The molecule has 0 saturated carbocycles.